The van der Waals surface area contributed by atoms with E-state index in [2.05, 4.69) is 5.32 Å². The molecule has 1 nitrogen and oxygen atoms in total. The fourth-order valence-corrected chi connectivity index (χ4v) is 1.79. The topological polar surface area (TPSA) is 12.0 Å². The highest BCUT2D eigenvalue weighted by Gasteiger charge is 2.43. The smallest absolute Gasteiger partial charge is 0.373 e. The first-order valence-corrected chi connectivity index (χ1v) is 4.47. The molecule has 1 N–H and O–H groups in total. The molecule has 0 spiro atoms. The molecular weight excluding hydrogens is 215 g/mol. The Bertz CT molecular complexity index is 362. The molecule has 0 saturated heterocycles. The van der Waals surface area contributed by atoms with Gasteiger partial charge in [-0.25, -0.2) is 0 Å². The van der Waals surface area contributed by atoms with Crippen LogP contribution in [-0.4, -0.2) is 12.2 Å². The standard InChI is InChI=1S/C9H7ClF3N/c10-6-2-1-3-7-5(6)4-8(14-7)9(11,12)13/h1-3,8,14H,4H2. The van der Waals surface area contributed by atoms with Crippen LogP contribution in [0.4, 0.5) is 18.9 Å². The van der Waals surface area contributed by atoms with Crippen LogP contribution in [0.1, 0.15) is 5.56 Å². The molecule has 0 radical (unpaired) electrons. The summed E-state index contributed by atoms with van der Waals surface area (Å²) in [6.07, 6.45) is -4.30. The molecule has 0 saturated carbocycles. The third-order valence-electron chi connectivity index (χ3n) is 2.25. The van der Waals surface area contributed by atoms with Crippen molar-refractivity contribution in [2.24, 2.45) is 0 Å². The number of alkyl halides is 3. The number of benzene rings is 1. The third-order valence-corrected chi connectivity index (χ3v) is 2.61. The predicted octanol–water partition coefficient (Wildman–Crippen LogP) is 3.24. The molecule has 1 aromatic carbocycles. The van der Waals surface area contributed by atoms with E-state index in [1.807, 2.05) is 0 Å². The molecule has 14 heavy (non-hydrogen) atoms. The molecule has 1 aliphatic heterocycles. The normalized spacial score (nSPS) is 20.4. The number of halogens is 4. The van der Waals surface area contributed by atoms with Gasteiger partial charge < -0.3 is 5.32 Å². The van der Waals surface area contributed by atoms with Crippen molar-refractivity contribution >= 4 is 17.3 Å². The minimum absolute atomic E-state index is 0.0848. The van der Waals surface area contributed by atoms with Gasteiger partial charge in [-0.15, -0.1) is 0 Å². The molecule has 1 atom stereocenters. The molecule has 0 amide bonds. The van der Waals surface area contributed by atoms with Crippen LogP contribution >= 0.6 is 11.6 Å². The van der Waals surface area contributed by atoms with Gasteiger partial charge in [-0.05, 0) is 17.7 Å². The van der Waals surface area contributed by atoms with Crippen molar-refractivity contribution in [2.45, 2.75) is 18.6 Å². The lowest BCUT2D eigenvalue weighted by atomic mass is 10.1. The van der Waals surface area contributed by atoms with Gasteiger partial charge in [-0.1, -0.05) is 17.7 Å². The Morgan fingerprint density at radius 3 is 2.64 bits per heavy atom. The molecule has 1 aromatic rings. The molecule has 2 rings (SSSR count). The van der Waals surface area contributed by atoms with Crippen LogP contribution < -0.4 is 5.32 Å². The maximum Gasteiger partial charge on any atom is 0.408 e. The van der Waals surface area contributed by atoms with Crippen LogP contribution in [-0.2, 0) is 6.42 Å². The Hall–Kier alpha value is -0.900. The molecule has 0 aromatic heterocycles. The van der Waals surface area contributed by atoms with Crippen molar-refractivity contribution in [2.75, 3.05) is 5.32 Å². The maximum absolute atomic E-state index is 12.4. The van der Waals surface area contributed by atoms with Crippen LogP contribution in [0, 0.1) is 0 Å². The van der Waals surface area contributed by atoms with E-state index in [1.54, 1.807) is 18.2 Å². The van der Waals surface area contributed by atoms with Gasteiger partial charge in [0.05, 0.1) is 0 Å². The van der Waals surface area contributed by atoms with Gasteiger partial charge >= 0.3 is 6.18 Å². The molecule has 1 heterocycles. The van der Waals surface area contributed by atoms with Crippen LogP contribution in [0.25, 0.3) is 0 Å². The van der Waals surface area contributed by atoms with Gasteiger partial charge in [0.25, 0.3) is 0 Å². The summed E-state index contributed by atoms with van der Waals surface area (Å²) in [4.78, 5) is 0. The van der Waals surface area contributed by atoms with E-state index in [-0.39, 0.29) is 6.42 Å². The molecule has 0 fully saturated rings. The first-order valence-electron chi connectivity index (χ1n) is 4.09. The van der Waals surface area contributed by atoms with E-state index >= 15 is 0 Å². The Kier molecular flexibility index (Phi) is 2.10. The summed E-state index contributed by atoms with van der Waals surface area (Å²) in [5.74, 6) is 0. The van der Waals surface area contributed by atoms with E-state index in [9.17, 15) is 13.2 Å². The minimum Gasteiger partial charge on any atom is -0.373 e. The van der Waals surface area contributed by atoms with Crippen LogP contribution in [0.5, 0.6) is 0 Å². The number of rotatable bonds is 0. The Balaban J connectivity index is 2.31. The second kappa shape index (κ2) is 3.05. The van der Waals surface area contributed by atoms with E-state index < -0.39 is 12.2 Å². The number of anilines is 1. The van der Waals surface area contributed by atoms with Crippen LogP contribution in [0.3, 0.4) is 0 Å². The molecular formula is C9H7ClF3N. The average molecular weight is 222 g/mol. The number of nitrogens with one attached hydrogen (secondary N) is 1. The van der Waals surface area contributed by atoms with Crippen molar-refractivity contribution in [3.8, 4) is 0 Å². The Morgan fingerprint density at radius 1 is 1.36 bits per heavy atom. The molecule has 0 aliphatic carbocycles. The lowest BCUT2D eigenvalue weighted by Gasteiger charge is -2.14. The van der Waals surface area contributed by atoms with Gasteiger partial charge in [-0.2, -0.15) is 13.2 Å². The first-order chi connectivity index (χ1) is 6.48. The molecule has 0 bridgehead atoms. The van der Waals surface area contributed by atoms with Gasteiger partial charge in [0.2, 0.25) is 0 Å². The largest absolute Gasteiger partial charge is 0.408 e. The van der Waals surface area contributed by atoms with Gasteiger partial charge in [-0.3, -0.25) is 0 Å². The molecule has 76 valence electrons. The molecule has 5 heteroatoms. The number of hydrogen-bond acceptors (Lipinski definition) is 1. The monoisotopic (exact) mass is 221 g/mol. The predicted molar refractivity (Wildman–Crippen MR) is 48.6 cm³/mol. The van der Waals surface area contributed by atoms with Gasteiger partial charge in [0, 0.05) is 17.1 Å². The summed E-state index contributed by atoms with van der Waals surface area (Å²) in [6, 6.07) is 3.33. The molecule has 1 aliphatic rings. The van der Waals surface area contributed by atoms with Crippen molar-refractivity contribution in [1.82, 2.24) is 0 Å². The van der Waals surface area contributed by atoms with E-state index in [0.717, 1.165) is 0 Å². The lowest BCUT2D eigenvalue weighted by Crippen LogP contribution is -2.34. The Labute approximate surface area is 83.9 Å². The summed E-state index contributed by atoms with van der Waals surface area (Å²) in [6.45, 7) is 0. The zero-order valence-corrected chi connectivity index (χ0v) is 7.78. The highest BCUT2D eigenvalue weighted by molar-refractivity contribution is 6.31. The zero-order chi connectivity index (χ0) is 10.3. The average Bonchev–Trinajstić information content (AvgIpc) is 2.48. The fraction of sp³-hybridized carbons (Fsp3) is 0.333. The summed E-state index contributed by atoms with van der Waals surface area (Å²) < 4.78 is 37.1. The summed E-state index contributed by atoms with van der Waals surface area (Å²) in [5.41, 5.74) is 1.04. The maximum atomic E-state index is 12.4. The summed E-state index contributed by atoms with van der Waals surface area (Å²) in [5, 5.41) is 2.80. The summed E-state index contributed by atoms with van der Waals surface area (Å²) >= 11 is 5.78. The zero-order valence-electron chi connectivity index (χ0n) is 7.03. The second-order valence-electron chi connectivity index (χ2n) is 3.21. The van der Waals surface area contributed by atoms with Crippen molar-refractivity contribution in [1.29, 1.82) is 0 Å². The van der Waals surface area contributed by atoms with Crippen molar-refractivity contribution < 1.29 is 13.2 Å². The van der Waals surface area contributed by atoms with Gasteiger partial charge in [0.1, 0.15) is 6.04 Å². The lowest BCUT2D eigenvalue weighted by molar-refractivity contribution is -0.140. The number of hydrogen-bond donors (Lipinski definition) is 1. The highest BCUT2D eigenvalue weighted by atomic mass is 35.5. The van der Waals surface area contributed by atoms with E-state index in [0.29, 0.717) is 16.3 Å². The highest BCUT2D eigenvalue weighted by Crippen LogP contribution is 2.37. The first kappa shape index (κ1) is 9.65. The van der Waals surface area contributed by atoms with Crippen molar-refractivity contribution in [3.63, 3.8) is 0 Å². The van der Waals surface area contributed by atoms with Crippen LogP contribution in [0.2, 0.25) is 5.02 Å². The third kappa shape index (κ3) is 1.54. The minimum atomic E-state index is -4.22. The number of fused-ring (bicyclic) bond motifs is 1. The van der Waals surface area contributed by atoms with E-state index in [4.69, 9.17) is 11.6 Å². The quantitative estimate of drug-likeness (QED) is 0.709. The van der Waals surface area contributed by atoms with Crippen LogP contribution in [0.15, 0.2) is 18.2 Å². The SMILES string of the molecule is FC(F)(F)C1Cc2c(Cl)cccc2N1. The second-order valence-corrected chi connectivity index (χ2v) is 3.62. The van der Waals surface area contributed by atoms with E-state index in [1.165, 1.54) is 0 Å². The van der Waals surface area contributed by atoms with Crippen molar-refractivity contribution in [3.05, 3.63) is 28.8 Å². The van der Waals surface area contributed by atoms with Gasteiger partial charge in [0.15, 0.2) is 0 Å². The molecule has 1 unspecified atom stereocenters. The summed E-state index contributed by atoms with van der Waals surface area (Å²) in [7, 11) is 0. The fourth-order valence-electron chi connectivity index (χ4n) is 1.54. The Morgan fingerprint density at radius 2 is 2.07 bits per heavy atom.